The number of hydrogen-bond donors (Lipinski definition) is 0. The SMILES string of the molecule is Cc1ccc(C(=O)N(Cc2ccco2)C2CC2)cc1Br. The molecule has 0 atom stereocenters. The lowest BCUT2D eigenvalue weighted by Crippen LogP contribution is -2.32. The summed E-state index contributed by atoms with van der Waals surface area (Å²) in [6.07, 6.45) is 3.81. The number of hydrogen-bond acceptors (Lipinski definition) is 2. The zero-order chi connectivity index (χ0) is 14.1. The van der Waals surface area contributed by atoms with Crippen LogP contribution < -0.4 is 0 Å². The number of furan rings is 1. The predicted octanol–water partition coefficient (Wildman–Crippen LogP) is 4.16. The Labute approximate surface area is 126 Å². The number of carbonyl (C=O) groups excluding carboxylic acids is 1. The Morgan fingerprint density at radius 2 is 2.20 bits per heavy atom. The lowest BCUT2D eigenvalue weighted by Gasteiger charge is -2.21. The Balaban J connectivity index is 1.83. The molecule has 1 aromatic carbocycles. The third-order valence-corrected chi connectivity index (χ3v) is 4.43. The van der Waals surface area contributed by atoms with Gasteiger partial charge in [-0.2, -0.15) is 0 Å². The molecule has 0 unspecified atom stereocenters. The Bertz CT molecular complexity index is 617. The molecule has 1 aliphatic rings. The molecular formula is C16H16BrNO2. The van der Waals surface area contributed by atoms with Gasteiger partial charge in [-0.3, -0.25) is 4.79 Å². The normalized spacial score (nSPS) is 14.3. The van der Waals surface area contributed by atoms with Gasteiger partial charge in [0.2, 0.25) is 0 Å². The molecule has 0 saturated heterocycles. The summed E-state index contributed by atoms with van der Waals surface area (Å²) in [5, 5.41) is 0. The molecule has 3 nitrogen and oxygen atoms in total. The molecule has 20 heavy (non-hydrogen) atoms. The highest BCUT2D eigenvalue weighted by atomic mass is 79.9. The van der Waals surface area contributed by atoms with Crippen LogP contribution in [0.4, 0.5) is 0 Å². The van der Waals surface area contributed by atoms with Gasteiger partial charge in [-0.05, 0) is 49.6 Å². The van der Waals surface area contributed by atoms with Gasteiger partial charge in [0.1, 0.15) is 5.76 Å². The van der Waals surface area contributed by atoms with Crippen LogP contribution in [0.3, 0.4) is 0 Å². The molecule has 104 valence electrons. The topological polar surface area (TPSA) is 33.5 Å². The van der Waals surface area contributed by atoms with Crippen molar-refractivity contribution in [3.05, 3.63) is 58.0 Å². The average molecular weight is 334 g/mol. The van der Waals surface area contributed by atoms with Gasteiger partial charge in [-0.1, -0.05) is 22.0 Å². The van der Waals surface area contributed by atoms with E-state index in [1.165, 1.54) is 0 Å². The summed E-state index contributed by atoms with van der Waals surface area (Å²) in [4.78, 5) is 14.6. The minimum Gasteiger partial charge on any atom is -0.467 e. The average Bonchev–Trinajstić information content (AvgIpc) is 3.15. The summed E-state index contributed by atoms with van der Waals surface area (Å²) in [6.45, 7) is 2.56. The molecular weight excluding hydrogens is 318 g/mol. The highest BCUT2D eigenvalue weighted by Gasteiger charge is 2.33. The zero-order valence-corrected chi connectivity index (χ0v) is 12.9. The van der Waals surface area contributed by atoms with Crippen molar-refractivity contribution in [3.8, 4) is 0 Å². The standard InChI is InChI=1S/C16H16BrNO2/c1-11-4-5-12(9-15(11)17)16(19)18(13-6-7-13)10-14-3-2-8-20-14/h2-5,8-9,13H,6-7,10H2,1H3. The third-order valence-electron chi connectivity index (χ3n) is 3.57. The molecule has 4 heteroatoms. The van der Waals surface area contributed by atoms with Crippen molar-refractivity contribution in [2.45, 2.75) is 32.4 Å². The molecule has 1 aliphatic carbocycles. The smallest absolute Gasteiger partial charge is 0.254 e. The first kappa shape index (κ1) is 13.4. The van der Waals surface area contributed by atoms with Crippen LogP contribution in [0.2, 0.25) is 0 Å². The Kier molecular flexibility index (Phi) is 3.66. The number of benzene rings is 1. The van der Waals surface area contributed by atoms with Gasteiger partial charge < -0.3 is 9.32 Å². The second-order valence-corrected chi connectivity index (χ2v) is 6.06. The number of halogens is 1. The number of rotatable bonds is 4. The summed E-state index contributed by atoms with van der Waals surface area (Å²) in [7, 11) is 0. The first-order chi connectivity index (χ1) is 9.65. The Morgan fingerprint density at radius 3 is 2.80 bits per heavy atom. The number of nitrogens with zero attached hydrogens (tertiary/aromatic N) is 1. The lowest BCUT2D eigenvalue weighted by molar-refractivity contribution is 0.0717. The van der Waals surface area contributed by atoms with E-state index < -0.39 is 0 Å². The largest absolute Gasteiger partial charge is 0.467 e. The fraction of sp³-hybridized carbons (Fsp3) is 0.312. The van der Waals surface area contributed by atoms with Gasteiger partial charge in [0, 0.05) is 16.1 Å². The van der Waals surface area contributed by atoms with Gasteiger partial charge in [0.15, 0.2) is 0 Å². The zero-order valence-electron chi connectivity index (χ0n) is 11.3. The molecule has 0 aliphatic heterocycles. The van der Waals surface area contributed by atoms with Crippen LogP contribution in [-0.2, 0) is 6.54 Å². The summed E-state index contributed by atoms with van der Waals surface area (Å²) in [5.41, 5.74) is 1.85. The highest BCUT2D eigenvalue weighted by molar-refractivity contribution is 9.10. The van der Waals surface area contributed by atoms with E-state index >= 15 is 0 Å². The van der Waals surface area contributed by atoms with Crippen molar-refractivity contribution in [2.24, 2.45) is 0 Å². The molecule has 3 rings (SSSR count). The monoisotopic (exact) mass is 333 g/mol. The quantitative estimate of drug-likeness (QED) is 0.841. The molecule has 2 aromatic rings. The van der Waals surface area contributed by atoms with Crippen molar-refractivity contribution in [2.75, 3.05) is 0 Å². The molecule has 1 amide bonds. The van der Waals surface area contributed by atoms with Crippen LogP contribution in [0, 0.1) is 6.92 Å². The van der Waals surface area contributed by atoms with Crippen molar-refractivity contribution >= 4 is 21.8 Å². The molecule has 0 radical (unpaired) electrons. The van der Waals surface area contributed by atoms with Gasteiger partial charge >= 0.3 is 0 Å². The molecule has 1 fully saturated rings. The summed E-state index contributed by atoms with van der Waals surface area (Å²) in [6, 6.07) is 9.87. The van der Waals surface area contributed by atoms with E-state index in [4.69, 9.17) is 4.42 Å². The first-order valence-corrected chi connectivity index (χ1v) is 7.54. The van der Waals surface area contributed by atoms with E-state index in [1.807, 2.05) is 42.2 Å². The predicted molar refractivity (Wildman–Crippen MR) is 80.5 cm³/mol. The van der Waals surface area contributed by atoms with Crippen LogP contribution in [0.1, 0.15) is 34.5 Å². The van der Waals surface area contributed by atoms with Gasteiger partial charge in [0.25, 0.3) is 5.91 Å². The Morgan fingerprint density at radius 1 is 1.40 bits per heavy atom. The number of carbonyl (C=O) groups is 1. The van der Waals surface area contributed by atoms with E-state index in [0.29, 0.717) is 12.6 Å². The van der Waals surface area contributed by atoms with Gasteiger partial charge in [-0.15, -0.1) is 0 Å². The number of amides is 1. The fourth-order valence-electron chi connectivity index (χ4n) is 2.22. The van der Waals surface area contributed by atoms with Crippen molar-refractivity contribution < 1.29 is 9.21 Å². The van der Waals surface area contributed by atoms with Gasteiger partial charge in [-0.25, -0.2) is 0 Å². The van der Waals surface area contributed by atoms with Crippen molar-refractivity contribution in [1.29, 1.82) is 0 Å². The van der Waals surface area contributed by atoms with E-state index in [9.17, 15) is 4.79 Å². The molecule has 1 aromatic heterocycles. The molecule has 0 N–H and O–H groups in total. The van der Waals surface area contributed by atoms with Crippen LogP contribution >= 0.6 is 15.9 Å². The maximum absolute atomic E-state index is 12.7. The maximum atomic E-state index is 12.7. The molecule has 1 heterocycles. The van der Waals surface area contributed by atoms with Crippen LogP contribution in [0.15, 0.2) is 45.5 Å². The second-order valence-electron chi connectivity index (χ2n) is 5.21. The van der Waals surface area contributed by atoms with Crippen molar-refractivity contribution in [1.82, 2.24) is 4.90 Å². The molecule has 0 spiro atoms. The van der Waals surface area contributed by atoms with E-state index in [0.717, 1.165) is 34.2 Å². The van der Waals surface area contributed by atoms with E-state index in [2.05, 4.69) is 15.9 Å². The fourth-order valence-corrected chi connectivity index (χ4v) is 2.59. The third kappa shape index (κ3) is 2.80. The molecule has 0 bridgehead atoms. The van der Waals surface area contributed by atoms with E-state index in [1.54, 1.807) is 6.26 Å². The summed E-state index contributed by atoms with van der Waals surface area (Å²) >= 11 is 3.49. The summed E-state index contributed by atoms with van der Waals surface area (Å²) < 4.78 is 6.34. The summed E-state index contributed by atoms with van der Waals surface area (Å²) in [5.74, 6) is 0.904. The van der Waals surface area contributed by atoms with Crippen LogP contribution in [0.25, 0.3) is 0 Å². The highest BCUT2D eigenvalue weighted by Crippen LogP contribution is 2.30. The first-order valence-electron chi connectivity index (χ1n) is 6.74. The van der Waals surface area contributed by atoms with Gasteiger partial charge in [0.05, 0.1) is 12.8 Å². The van der Waals surface area contributed by atoms with Crippen molar-refractivity contribution in [3.63, 3.8) is 0 Å². The Hall–Kier alpha value is -1.55. The maximum Gasteiger partial charge on any atom is 0.254 e. The van der Waals surface area contributed by atoms with Crippen LogP contribution in [-0.4, -0.2) is 16.8 Å². The molecule has 1 saturated carbocycles. The van der Waals surface area contributed by atoms with E-state index in [-0.39, 0.29) is 5.91 Å². The number of aryl methyl sites for hydroxylation is 1. The van der Waals surface area contributed by atoms with Crippen LogP contribution in [0.5, 0.6) is 0 Å². The lowest BCUT2D eigenvalue weighted by atomic mass is 10.1. The minimum absolute atomic E-state index is 0.0737. The second kappa shape index (κ2) is 5.44. The minimum atomic E-state index is 0.0737.